The van der Waals surface area contributed by atoms with Gasteiger partial charge in [-0.1, -0.05) is 196 Å². The maximum atomic E-state index is 12.1. The zero-order valence-corrected chi connectivity index (χ0v) is 49.5. The first kappa shape index (κ1) is 57.4. The van der Waals surface area contributed by atoms with E-state index in [1.54, 1.807) is 56.1 Å². The number of Topliss-reactive ketones (excluding diaryl/α,β-unsaturated/α-hetero) is 3. The van der Waals surface area contributed by atoms with E-state index in [2.05, 4.69) is 233 Å². The van der Waals surface area contributed by atoms with Crippen molar-refractivity contribution in [2.24, 2.45) is 0 Å². The highest BCUT2D eigenvalue weighted by Gasteiger charge is 2.32. The SMILES string of the molecule is CCc1cc(Sc2ccc([S+](c3ccc(Sc4ccc(C(C)=O)c(CC)c4)cc3)c3ccc(Sc4ccc(C(C)=O)c(CC)c4)cc3)cc2)ccc1C(C)=O.c1ccc([B-](c2ccccc2)(c2ccccc2)c2ccccc2)cc1. The van der Waals surface area contributed by atoms with Crippen molar-refractivity contribution in [2.45, 2.75) is 105 Å². The molecule has 0 aromatic heterocycles. The van der Waals surface area contributed by atoms with Gasteiger partial charge in [0, 0.05) is 46.1 Å². The van der Waals surface area contributed by atoms with Gasteiger partial charge in [-0.3, -0.25) is 14.4 Å². The fraction of sp³-hybridized carbons (Fsp3) is 0.125. The average molecular weight is 1120 g/mol. The predicted octanol–water partition coefficient (Wildman–Crippen LogP) is 16.6. The molecule has 0 saturated carbocycles. The molecule has 0 aliphatic rings. The molecule has 0 radical (unpaired) electrons. The normalized spacial score (nSPS) is 11.2. The van der Waals surface area contributed by atoms with Crippen LogP contribution in [-0.2, 0) is 30.2 Å². The van der Waals surface area contributed by atoms with E-state index in [1.165, 1.54) is 36.5 Å². The van der Waals surface area contributed by atoms with Crippen LogP contribution in [0.1, 0.15) is 89.3 Å². The van der Waals surface area contributed by atoms with E-state index < -0.39 is 6.15 Å². The highest BCUT2D eigenvalue weighted by molar-refractivity contribution is 8.00. The lowest BCUT2D eigenvalue weighted by atomic mass is 9.13. The number of rotatable bonds is 19. The second kappa shape index (κ2) is 27.2. The molecule has 10 rings (SSSR count). The Balaban J connectivity index is 0.000000256. The molecule has 0 bridgehead atoms. The molecule has 3 nitrogen and oxygen atoms in total. The van der Waals surface area contributed by atoms with E-state index in [0.717, 1.165) is 82.0 Å². The Morgan fingerprint density at radius 1 is 0.312 bits per heavy atom. The van der Waals surface area contributed by atoms with Crippen molar-refractivity contribution in [3.8, 4) is 0 Å². The maximum Gasteiger partial charge on any atom is 0.166 e. The van der Waals surface area contributed by atoms with Gasteiger partial charge in [0.1, 0.15) is 6.15 Å². The summed E-state index contributed by atoms with van der Waals surface area (Å²) in [6.45, 7) is 11.2. The van der Waals surface area contributed by atoms with Crippen LogP contribution in [0.15, 0.2) is 293 Å². The third kappa shape index (κ3) is 13.5. The molecule has 10 aromatic rings. The summed E-state index contributed by atoms with van der Waals surface area (Å²) < 4.78 is 0. The number of carbonyl (C=O) groups excluding carboxylic acids is 3. The van der Waals surface area contributed by atoms with Crippen molar-refractivity contribution < 1.29 is 14.4 Å². The largest absolute Gasteiger partial charge is 0.295 e. The van der Waals surface area contributed by atoms with E-state index in [1.807, 2.05) is 36.4 Å². The van der Waals surface area contributed by atoms with Gasteiger partial charge in [-0.15, -0.1) is 0 Å². The van der Waals surface area contributed by atoms with Crippen molar-refractivity contribution in [3.05, 3.63) is 282 Å². The minimum atomic E-state index is -1.22. The lowest BCUT2D eigenvalue weighted by molar-refractivity contribution is 0.100. The Morgan fingerprint density at radius 3 is 0.750 bits per heavy atom. The fourth-order valence-corrected chi connectivity index (χ4v) is 15.4. The van der Waals surface area contributed by atoms with Crippen molar-refractivity contribution >= 4 is 91.5 Å². The van der Waals surface area contributed by atoms with Crippen LogP contribution in [-0.4, -0.2) is 23.5 Å². The summed E-state index contributed by atoms with van der Waals surface area (Å²) in [4.78, 5) is 46.8. The number of benzene rings is 10. The van der Waals surface area contributed by atoms with Gasteiger partial charge < -0.3 is 0 Å². The second-order valence-corrected chi connectivity index (χ2v) is 25.2. The molecule has 0 atom stereocenters. The summed E-state index contributed by atoms with van der Waals surface area (Å²) in [5.74, 6) is 0.308. The Bertz CT molecular complexity index is 3280. The molecule has 0 unspecified atom stereocenters. The maximum absolute atomic E-state index is 12.1. The van der Waals surface area contributed by atoms with E-state index in [0.29, 0.717) is 0 Å². The van der Waals surface area contributed by atoms with Gasteiger partial charge in [-0.25, -0.2) is 0 Å². The first-order chi connectivity index (χ1) is 39.0. The van der Waals surface area contributed by atoms with Crippen molar-refractivity contribution in [3.63, 3.8) is 0 Å². The van der Waals surface area contributed by atoms with Gasteiger partial charge in [0.05, 0.1) is 10.9 Å². The van der Waals surface area contributed by atoms with Crippen LogP contribution in [0.5, 0.6) is 0 Å². The molecule has 398 valence electrons. The first-order valence-corrected chi connectivity index (χ1v) is 31.0. The summed E-state index contributed by atoms with van der Waals surface area (Å²) in [6.07, 6.45) is 1.24. The Morgan fingerprint density at radius 2 is 0.537 bits per heavy atom. The van der Waals surface area contributed by atoms with E-state index in [4.69, 9.17) is 0 Å². The third-order valence-electron chi connectivity index (χ3n) is 14.6. The quantitative estimate of drug-likeness (QED) is 0.0457. The average Bonchev–Trinajstić information content (AvgIpc) is 3.52. The number of ketones is 3. The Hall–Kier alpha value is -7.33. The molecule has 0 fully saturated rings. The lowest BCUT2D eigenvalue weighted by Crippen LogP contribution is -2.74. The number of hydrogen-bond donors (Lipinski definition) is 0. The van der Waals surface area contributed by atoms with Crippen molar-refractivity contribution in [1.29, 1.82) is 0 Å². The number of aryl methyl sites for hydroxylation is 3. The van der Waals surface area contributed by atoms with Gasteiger partial charge in [-0.2, -0.15) is 21.9 Å². The molecule has 0 N–H and O–H groups in total. The molecule has 0 saturated heterocycles. The molecule has 8 heteroatoms. The molecule has 0 amide bonds. The fourth-order valence-electron chi connectivity index (χ4n) is 10.7. The van der Waals surface area contributed by atoms with E-state index >= 15 is 0 Å². The molecule has 80 heavy (non-hydrogen) atoms. The van der Waals surface area contributed by atoms with E-state index in [9.17, 15) is 14.4 Å². The van der Waals surface area contributed by atoms with Crippen molar-refractivity contribution in [1.82, 2.24) is 0 Å². The summed E-state index contributed by atoms with van der Waals surface area (Å²) in [5, 5.41) is 0. The highest BCUT2D eigenvalue weighted by atomic mass is 32.2. The van der Waals surface area contributed by atoms with Gasteiger partial charge in [-0.05, 0) is 166 Å². The second-order valence-electron chi connectivity index (χ2n) is 19.7. The predicted molar refractivity (Wildman–Crippen MR) is 341 cm³/mol. The monoisotopic (exact) mass is 1120 g/mol. The van der Waals surface area contributed by atoms with Crippen LogP contribution >= 0.6 is 35.3 Å². The molecule has 0 aliphatic heterocycles. The molecular weight excluding hydrogens is 1050 g/mol. The molecule has 0 aliphatic carbocycles. The Labute approximate surface area is 489 Å². The van der Waals surface area contributed by atoms with E-state index in [-0.39, 0.29) is 28.2 Å². The van der Waals surface area contributed by atoms with Crippen LogP contribution < -0.4 is 21.9 Å². The van der Waals surface area contributed by atoms with Gasteiger partial charge in [0.25, 0.3) is 0 Å². The van der Waals surface area contributed by atoms with Gasteiger partial charge in [0.2, 0.25) is 0 Å². The smallest absolute Gasteiger partial charge is 0.166 e. The summed E-state index contributed by atoms with van der Waals surface area (Å²) in [7, 11) is -0.359. The van der Waals surface area contributed by atoms with Crippen LogP contribution in [0, 0.1) is 0 Å². The van der Waals surface area contributed by atoms with Crippen LogP contribution in [0.2, 0.25) is 0 Å². The van der Waals surface area contributed by atoms with Crippen LogP contribution in [0.4, 0.5) is 0 Å². The minimum absolute atomic E-state index is 0.103. The topological polar surface area (TPSA) is 51.2 Å². The molecule has 0 spiro atoms. The van der Waals surface area contributed by atoms with Gasteiger partial charge >= 0.3 is 0 Å². The lowest BCUT2D eigenvalue weighted by Gasteiger charge is -2.44. The van der Waals surface area contributed by atoms with Crippen LogP contribution in [0.3, 0.4) is 0 Å². The summed E-state index contributed by atoms with van der Waals surface area (Å²) in [6, 6.07) is 88.6. The minimum Gasteiger partial charge on any atom is -0.295 e. The molecule has 0 heterocycles. The van der Waals surface area contributed by atoms with Crippen LogP contribution in [0.25, 0.3) is 0 Å². The first-order valence-electron chi connectivity index (χ1n) is 27.4. The molecule has 10 aromatic carbocycles. The number of hydrogen-bond acceptors (Lipinski definition) is 6. The summed E-state index contributed by atoms with van der Waals surface area (Å²) >= 11 is 5.14. The summed E-state index contributed by atoms with van der Waals surface area (Å²) in [5.41, 5.74) is 11.0. The number of carbonyl (C=O) groups is 3. The Kier molecular flexibility index (Phi) is 19.5. The zero-order valence-electron chi connectivity index (χ0n) is 46.2. The van der Waals surface area contributed by atoms with Gasteiger partial charge in [0.15, 0.2) is 32.0 Å². The zero-order chi connectivity index (χ0) is 56.0. The third-order valence-corrected chi connectivity index (χ3v) is 19.8. The van der Waals surface area contributed by atoms with Crippen molar-refractivity contribution in [2.75, 3.05) is 0 Å². The standard InChI is InChI=1S/C48H45O3S4.C24H20B/c1-7-34-28-40(16-25-46(34)31(4)49)52-37-10-19-43(20-11-37)55(44-21-12-38(13-22-44)53-41-17-26-47(32(5)50)35(8-2)29-41)45-23-14-39(15-24-45)54-42-18-27-48(33(6)51)36(9-3)30-42;1-5-13-21(14-6-1)25(22-15-7-2-8-16-22,23-17-9-3-10-18-23)24-19-11-4-12-20-24/h10-30H,7-9H2,1-6H3;1-20H/q+1;-1. The highest BCUT2D eigenvalue weighted by Crippen LogP contribution is 2.38. The molecular formula is C72H65BO3S4.